The summed E-state index contributed by atoms with van der Waals surface area (Å²) in [5.41, 5.74) is 6.26. The fourth-order valence-corrected chi connectivity index (χ4v) is 4.56. The van der Waals surface area contributed by atoms with Gasteiger partial charge in [-0.1, -0.05) is 55.0 Å². The van der Waals surface area contributed by atoms with E-state index in [1.165, 1.54) is 33.3 Å². The molecule has 1 fully saturated rings. The van der Waals surface area contributed by atoms with Gasteiger partial charge in [0, 0.05) is 36.0 Å². The van der Waals surface area contributed by atoms with Crippen LogP contribution in [-0.2, 0) is 11.8 Å². The first kappa shape index (κ1) is 17.8. The average molecular weight is 361 g/mol. The Morgan fingerprint density at radius 2 is 1.81 bits per heavy atom. The molecule has 3 heteroatoms. The second kappa shape index (κ2) is 6.88. The standard InChI is InChI=1S/C24H28N2O/c1-5-17(3)26-21(14-15-22(26)27)23-19-8-6-7-9-20(19)25(4)24(23)18-12-10-16(2)11-13-18/h6-13,17,21H,5,14-15H2,1-4H3/t17-,21-/m0/s1. The number of aryl methyl sites for hydroxylation is 2. The van der Waals surface area contributed by atoms with Gasteiger partial charge >= 0.3 is 0 Å². The van der Waals surface area contributed by atoms with Crippen molar-refractivity contribution in [2.75, 3.05) is 0 Å². The van der Waals surface area contributed by atoms with E-state index < -0.39 is 0 Å². The normalized spacial score (nSPS) is 18.4. The molecule has 0 unspecified atom stereocenters. The molecule has 1 saturated heterocycles. The third-order valence-electron chi connectivity index (χ3n) is 6.13. The van der Waals surface area contributed by atoms with Gasteiger partial charge in [-0.25, -0.2) is 0 Å². The third kappa shape index (κ3) is 2.86. The Kier molecular flexibility index (Phi) is 4.55. The number of rotatable bonds is 4. The second-order valence-corrected chi connectivity index (χ2v) is 7.82. The smallest absolute Gasteiger partial charge is 0.223 e. The lowest BCUT2D eigenvalue weighted by atomic mass is 9.96. The van der Waals surface area contributed by atoms with Gasteiger partial charge in [-0.2, -0.15) is 0 Å². The number of hydrogen-bond acceptors (Lipinski definition) is 1. The van der Waals surface area contributed by atoms with E-state index in [0.29, 0.717) is 6.42 Å². The summed E-state index contributed by atoms with van der Waals surface area (Å²) in [5, 5.41) is 1.27. The van der Waals surface area contributed by atoms with Crippen LogP contribution in [-0.4, -0.2) is 21.4 Å². The zero-order chi connectivity index (χ0) is 19.1. The predicted octanol–water partition coefficient (Wildman–Crippen LogP) is 5.62. The monoisotopic (exact) mass is 360 g/mol. The maximum absolute atomic E-state index is 12.7. The lowest BCUT2D eigenvalue weighted by Gasteiger charge is -2.31. The molecule has 0 radical (unpaired) electrons. The Morgan fingerprint density at radius 1 is 1.11 bits per heavy atom. The number of amides is 1. The molecule has 0 spiro atoms. The van der Waals surface area contributed by atoms with Crippen LogP contribution in [0.5, 0.6) is 0 Å². The topological polar surface area (TPSA) is 25.2 Å². The van der Waals surface area contributed by atoms with Crippen LogP contribution in [0.25, 0.3) is 22.2 Å². The van der Waals surface area contributed by atoms with Crippen LogP contribution < -0.4 is 0 Å². The van der Waals surface area contributed by atoms with E-state index in [1.807, 2.05) is 0 Å². The second-order valence-electron chi connectivity index (χ2n) is 7.82. The lowest BCUT2D eigenvalue weighted by Crippen LogP contribution is -2.35. The Labute approximate surface area is 161 Å². The van der Waals surface area contributed by atoms with Crippen molar-refractivity contribution in [3.63, 3.8) is 0 Å². The van der Waals surface area contributed by atoms with Crippen LogP contribution >= 0.6 is 0 Å². The molecule has 0 N–H and O–H groups in total. The van der Waals surface area contributed by atoms with E-state index in [0.717, 1.165) is 12.8 Å². The molecular weight excluding hydrogens is 332 g/mol. The van der Waals surface area contributed by atoms with Gasteiger partial charge in [0.1, 0.15) is 0 Å². The molecule has 2 aromatic carbocycles. The summed E-state index contributed by atoms with van der Waals surface area (Å²) in [7, 11) is 2.14. The number of benzene rings is 2. The van der Waals surface area contributed by atoms with Gasteiger partial charge in [0.2, 0.25) is 5.91 Å². The highest BCUT2D eigenvalue weighted by Crippen LogP contribution is 2.44. The number of fused-ring (bicyclic) bond motifs is 1. The maximum atomic E-state index is 12.7. The number of para-hydroxylation sites is 1. The largest absolute Gasteiger partial charge is 0.343 e. The number of aromatic nitrogens is 1. The van der Waals surface area contributed by atoms with Crippen molar-refractivity contribution >= 4 is 16.8 Å². The molecule has 3 aromatic rings. The predicted molar refractivity (Wildman–Crippen MR) is 112 cm³/mol. The summed E-state index contributed by atoms with van der Waals surface area (Å²) in [5.74, 6) is 0.289. The van der Waals surface area contributed by atoms with Gasteiger partial charge in [0.15, 0.2) is 0 Å². The molecule has 2 heterocycles. The zero-order valence-corrected chi connectivity index (χ0v) is 16.7. The van der Waals surface area contributed by atoms with Crippen molar-refractivity contribution < 1.29 is 4.79 Å². The first-order chi connectivity index (χ1) is 13.0. The van der Waals surface area contributed by atoms with Crippen molar-refractivity contribution in [3.8, 4) is 11.3 Å². The van der Waals surface area contributed by atoms with Crippen molar-refractivity contribution in [1.82, 2.24) is 9.47 Å². The quantitative estimate of drug-likeness (QED) is 0.593. The van der Waals surface area contributed by atoms with Crippen LogP contribution in [0.3, 0.4) is 0 Å². The van der Waals surface area contributed by atoms with E-state index in [2.05, 4.69) is 85.8 Å². The number of likely N-dealkylation sites (tertiary alicyclic amines) is 1. The van der Waals surface area contributed by atoms with E-state index in [9.17, 15) is 4.79 Å². The Morgan fingerprint density at radius 3 is 2.52 bits per heavy atom. The summed E-state index contributed by atoms with van der Waals surface area (Å²) in [4.78, 5) is 14.9. The molecule has 0 saturated carbocycles. The zero-order valence-electron chi connectivity index (χ0n) is 16.7. The molecule has 1 aliphatic rings. The number of nitrogens with zero attached hydrogens (tertiary/aromatic N) is 2. The van der Waals surface area contributed by atoms with Gasteiger partial charge in [-0.05, 0) is 38.3 Å². The van der Waals surface area contributed by atoms with Crippen LogP contribution in [0.15, 0.2) is 48.5 Å². The molecule has 0 aliphatic carbocycles. The average Bonchev–Trinajstić information content (AvgIpc) is 3.20. The minimum absolute atomic E-state index is 0.148. The highest BCUT2D eigenvalue weighted by atomic mass is 16.2. The molecular formula is C24H28N2O. The summed E-state index contributed by atoms with van der Waals surface area (Å²) in [6, 6.07) is 17.7. The van der Waals surface area contributed by atoms with Gasteiger partial charge in [-0.15, -0.1) is 0 Å². The molecule has 27 heavy (non-hydrogen) atoms. The van der Waals surface area contributed by atoms with Crippen LogP contribution in [0.1, 0.15) is 50.3 Å². The first-order valence-electron chi connectivity index (χ1n) is 9.98. The van der Waals surface area contributed by atoms with Gasteiger partial charge in [0.25, 0.3) is 0 Å². The number of hydrogen-bond donors (Lipinski definition) is 0. The maximum Gasteiger partial charge on any atom is 0.223 e. The lowest BCUT2D eigenvalue weighted by molar-refractivity contribution is -0.131. The van der Waals surface area contributed by atoms with Gasteiger partial charge < -0.3 is 9.47 Å². The van der Waals surface area contributed by atoms with Crippen LogP contribution in [0.4, 0.5) is 0 Å². The fraction of sp³-hybridized carbons (Fsp3) is 0.375. The molecule has 3 nitrogen and oxygen atoms in total. The Hall–Kier alpha value is -2.55. The van der Waals surface area contributed by atoms with E-state index in [-0.39, 0.29) is 18.0 Å². The van der Waals surface area contributed by atoms with Crippen molar-refractivity contribution in [2.45, 2.75) is 52.1 Å². The highest BCUT2D eigenvalue weighted by molar-refractivity contribution is 5.93. The van der Waals surface area contributed by atoms with Crippen molar-refractivity contribution in [3.05, 3.63) is 59.7 Å². The number of carbonyl (C=O) groups excluding carboxylic acids is 1. The van der Waals surface area contributed by atoms with E-state index >= 15 is 0 Å². The molecule has 1 aliphatic heterocycles. The van der Waals surface area contributed by atoms with Gasteiger partial charge in [-0.3, -0.25) is 4.79 Å². The van der Waals surface area contributed by atoms with E-state index in [1.54, 1.807) is 0 Å². The Balaban J connectivity index is 1.98. The molecule has 1 aromatic heterocycles. The molecule has 140 valence electrons. The third-order valence-corrected chi connectivity index (χ3v) is 6.13. The molecule has 2 atom stereocenters. The molecule has 4 rings (SSSR count). The molecule has 0 bridgehead atoms. The number of carbonyl (C=O) groups is 1. The fourth-order valence-electron chi connectivity index (χ4n) is 4.56. The minimum Gasteiger partial charge on any atom is -0.343 e. The van der Waals surface area contributed by atoms with Crippen molar-refractivity contribution in [2.24, 2.45) is 7.05 Å². The minimum atomic E-state index is 0.148. The van der Waals surface area contributed by atoms with Gasteiger partial charge in [0.05, 0.1) is 11.7 Å². The highest BCUT2D eigenvalue weighted by Gasteiger charge is 2.38. The SMILES string of the molecule is CC[C@H](C)N1C(=O)CC[C@H]1c1c(-c2ccc(C)cc2)n(C)c2ccccc12. The van der Waals surface area contributed by atoms with E-state index in [4.69, 9.17) is 0 Å². The summed E-state index contributed by atoms with van der Waals surface area (Å²) < 4.78 is 2.30. The van der Waals surface area contributed by atoms with Crippen molar-refractivity contribution in [1.29, 1.82) is 0 Å². The van der Waals surface area contributed by atoms with Crippen LogP contribution in [0.2, 0.25) is 0 Å². The molecule has 1 amide bonds. The summed E-state index contributed by atoms with van der Waals surface area (Å²) in [6.45, 7) is 6.46. The van der Waals surface area contributed by atoms with Crippen LogP contribution in [0, 0.1) is 6.92 Å². The first-order valence-corrected chi connectivity index (χ1v) is 9.98. The summed E-state index contributed by atoms with van der Waals surface area (Å²) in [6.07, 6.45) is 2.52. The summed E-state index contributed by atoms with van der Waals surface area (Å²) >= 11 is 0. The Bertz CT molecular complexity index is 984.